The molecule has 9 heteroatoms. The van der Waals surface area contributed by atoms with Crippen LogP contribution in [0.2, 0.25) is 0 Å². The molecule has 1 aliphatic heterocycles. The van der Waals surface area contributed by atoms with E-state index in [0.29, 0.717) is 37.1 Å². The highest BCUT2D eigenvalue weighted by atomic mass is 79.9. The van der Waals surface area contributed by atoms with Crippen LogP contribution < -0.4 is 9.47 Å². The molecule has 0 aliphatic carbocycles. The van der Waals surface area contributed by atoms with Gasteiger partial charge >= 0.3 is 0 Å². The third-order valence-electron chi connectivity index (χ3n) is 5.08. The maximum absolute atomic E-state index is 12.4. The Morgan fingerprint density at radius 3 is 2.39 bits per heavy atom. The van der Waals surface area contributed by atoms with Crippen molar-refractivity contribution in [1.82, 2.24) is 19.9 Å². The highest BCUT2D eigenvalue weighted by molar-refractivity contribution is 9.10. The third kappa shape index (κ3) is 5.62. The Morgan fingerprint density at radius 1 is 1.03 bits per heavy atom. The fourth-order valence-electron chi connectivity index (χ4n) is 3.29. The molecule has 2 heterocycles. The lowest BCUT2D eigenvalue weighted by atomic mass is 10.2. The summed E-state index contributed by atoms with van der Waals surface area (Å²) in [5.74, 6) is 2.56. The summed E-state index contributed by atoms with van der Waals surface area (Å²) in [5.41, 5.74) is 0.872. The molecule has 1 aliphatic rings. The van der Waals surface area contributed by atoms with E-state index in [4.69, 9.17) is 14.0 Å². The Bertz CT molecular complexity index is 999. The van der Waals surface area contributed by atoms with Crippen LogP contribution in [0.5, 0.6) is 11.5 Å². The molecule has 0 bridgehead atoms. The third-order valence-corrected chi connectivity index (χ3v) is 5.60. The zero-order valence-corrected chi connectivity index (χ0v) is 18.7. The molecule has 1 aromatic heterocycles. The SMILES string of the molecule is COc1ccc(-c2noc(CN3CCN(C(=O)COc4ccc(Br)cc4)CC3)n2)cc1. The van der Waals surface area contributed by atoms with E-state index in [1.807, 2.05) is 53.4 Å². The molecule has 0 spiro atoms. The number of ether oxygens (including phenoxy) is 2. The Labute approximate surface area is 188 Å². The number of halogens is 1. The first kappa shape index (κ1) is 21.3. The van der Waals surface area contributed by atoms with Gasteiger partial charge in [-0.1, -0.05) is 21.1 Å². The Kier molecular flexibility index (Phi) is 6.83. The molecule has 1 fully saturated rings. The summed E-state index contributed by atoms with van der Waals surface area (Å²) in [6.07, 6.45) is 0. The normalized spacial score (nSPS) is 14.5. The summed E-state index contributed by atoms with van der Waals surface area (Å²) in [6, 6.07) is 15.0. The second-order valence-corrected chi connectivity index (χ2v) is 8.06. The molecule has 162 valence electrons. The van der Waals surface area contributed by atoms with Crippen molar-refractivity contribution in [3.05, 3.63) is 58.9 Å². The van der Waals surface area contributed by atoms with Gasteiger partial charge in [0.15, 0.2) is 6.61 Å². The zero-order valence-electron chi connectivity index (χ0n) is 17.2. The van der Waals surface area contributed by atoms with Gasteiger partial charge in [0.2, 0.25) is 11.7 Å². The van der Waals surface area contributed by atoms with E-state index in [1.54, 1.807) is 7.11 Å². The second kappa shape index (κ2) is 9.93. The van der Waals surface area contributed by atoms with Gasteiger partial charge in [-0.2, -0.15) is 4.98 Å². The van der Waals surface area contributed by atoms with E-state index in [0.717, 1.165) is 28.9 Å². The number of methoxy groups -OCH3 is 1. The fourth-order valence-corrected chi connectivity index (χ4v) is 3.55. The van der Waals surface area contributed by atoms with E-state index in [2.05, 4.69) is 31.0 Å². The molecule has 1 saturated heterocycles. The van der Waals surface area contributed by atoms with Crippen molar-refractivity contribution in [3.8, 4) is 22.9 Å². The van der Waals surface area contributed by atoms with Gasteiger partial charge in [-0.05, 0) is 48.5 Å². The number of nitrogens with zero attached hydrogens (tertiary/aromatic N) is 4. The average Bonchev–Trinajstić information content (AvgIpc) is 3.27. The first-order valence-corrected chi connectivity index (χ1v) is 10.8. The second-order valence-electron chi connectivity index (χ2n) is 7.14. The van der Waals surface area contributed by atoms with Crippen molar-refractivity contribution in [2.75, 3.05) is 39.9 Å². The number of rotatable bonds is 7. The van der Waals surface area contributed by atoms with Crippen LogP contribution in [-0.2, 0) is 11.3 Å². The standard InChI is InChI=1S/C22H23BrN4O4/c1-29-18-6-2-16(3-7-18)22-24-20(31-25-22)14-26-10-12-27(13-11-26)21(28)15-30-19-8-4-17(23)5-9-19/h2-9H,10-15H2,1H3. The minimum Gasteiger partial charge on any atom is -0.497 e. The molecular formula is C22H23BrN4O4. The minimum absolute atomic E-state index is 0.0119. The number of piperazine rings is 1. The van der Waals surface area contributed by atoms with Gasteiger partial charge in [-0.15, -0.1) is 0 Å². The maximum atomic E-state index is 12.4. The van der Waals surface area contributed by atoms with E-state index in [1.165, 1.54) is 0 Å². The number of carbonyl (C=O) groups excluding carboxylic acids is 1. The van der Waals surface area contributed by atoms with Crippen molar-refractivity contribution in [2.24, 2.45) is 0 Å². The molecule has 0 atom stereocenters. The van der Waals surface area contributed by atoms with Crippen molar-refractivity contribution in [2.45, 2.75) is 6.54 Å². The van der Waals surface area contributed by atoms with Crippen LogP contribution in [0.15, 0.2) is 57.5 Å². The van der Waals surface area contributed by atoms with Crippen LogP contribution in [-0.4, -0.2) is 65.7 Å². The lowest BCUT2D eigenvalue weighted by Gasteiger charge is -2.33. The van der Waals surface area contributed by atoms with Crippen molar-refractivity contribution in [3.63, 3.8) is 0 Å². The summed E-state index contributed by atoms with van der Waals surface area (Å²) in [6.45, 7) is 3.36. The minimum atomic E-state index is -0.0119. The molecule has 0 unspecified atom stereocenters. The molecule has 2 aromatic carbocycles. The van der Waals surface area contributed by atoms with Gasteiger partial charge in [0.25, 0.3) is 5.91 Å². The van der Waals surface area contributed by atoms with Crippen LogP contribution in [0.1, 0.15) is 5.89 Å². The predicted molar refractivity (Wildman–Crippen MR) is 118 cm³/mol. The van der Waals surface area contributed by atoms with Crippen LogP contribution in [0, 0.1) is 0 Å². The number of aromatic nitrogens is 2. The number of amides is 1. The number of hydrogen-bond donors (Lipinski definition) is 0. The van der Waals surface area contributed by atoms with Crippen molar-refractivity contribution in [1.29, 1.82) is 0 Å². The molecule has 3 aromatic rings. The number of hydrogen-bond acceptors (Lipinski definition) is 7. The molecule has 8 nitrogen and oxygen atoms in total. The molecule has 31 heavy (non-hydrogen) atoms. The van der Waals surface area contributed by atoms with Gasteiger partial charge in [0, 0.05) is 36.2 Å². The molecule has 1 amide bonds. The van der Waals surface area contributed by atoms with E-state index < -0.39 is 0 Å². The lowest BCUT2D eigenvalue weighted by molar-refractivity contribution is -0.135. The largest absolute Gasteiger partial charge is 0.497 e. The number of benzene rings is 2. The van der Waals surface area contributed by atoms with Crippen LogP contribution in [0.4, 0.5) is 0 Å². The highest BCUT2D eigenvalue weighted by Gasteiger charge is 2.23. The van der Waals surface area contributed by atoms with Crippen molar-refractivity contribution < 1.29 is 18.8 Å². The quantitative estimate of drug-likeness (QED) is 0.506. The Hall–Kier alpha value is -2.91. The number of carbonyl (C=O) groups is 1. The first-order chi connectivity index (χ1) is 15.1. The lowest BCUT2D eigenvalue weighted by Crippen LogP contribution is -2.49. The van der Waals surface area contributed by atoms with Gasteiger partial charge < -0.3 is 18.9 Å². The topological polar surface area (TPSA) is 80.9 Å². The van der Waals surface area contributed by atoms with Gasteiger partial charge in [-0.25, -0.2) is 0 Å². The highest BCUT2D eigenvalue weighted by Crippen LogP contribution is 2.20. The van der Waals surface area contributed by atoms with Gasteiger partial charge in [-0.3, -0.25) is 9.69 Å². The molecule has 0 saturated carbocycles. The van der Waals surface area contributed by atoms with Crippen molar-refractivity contribution >= 4 is 21.8 Å². The Morgan fingerprint density at radius 2 is 1.71 bits per heavy atom. The maximum Gasteiger partial charge on any atom is 0.260 e. The van der Waals surface area contributed by atoms with E-state index in [-0.39, 0.29) is 12.5 Å². The molecular weight excluding hydrogens is 464 g/mol. The monoisotopic (exact) mass is 486 g/mol. The first-order valence-electron chi connectivity index (χ1n) is 9.96. The Balaban J connectivity index is 1.24. The summed E-state index contributed by atoms with van der Waals surface area (Å²) in [4.78, 5) is 20.9. The summed E-state index contributed by atoms with van der Waals surface area (Å²) >= 11 is 3.38. The van der Waals surface area contributed by atoms with Crippen LogP contribution >= 0.6 is 15.9 Å². The fraction of sp³-hybridized carbons (Fsp3) is 0.318. The summed E-state index contributed by atoms with van der Waals surface area (Å²) < 4.78 is 17.1. The summed E-state index contributed by atoms with van der Waals surface area (Å²) in [5, 5.41) is 4.07. The predicted octanol–water partition coefficient (Wildman–Crippen LogP) is 3.23. The van der Waals surface area contributed by atoms with E-state index in [9.17, 15) is 4.79 Å². The average molecular weight is 487 g/mol. The molecule has 0 radical (unpaired) electrons. The van der Waals surface area contributed by atoms with Crippen LogP contribution in [0.25, 0.3) is 11.4 Å². The smallest absolute Gasteiger partial charge is 0.260 e. The van der Waals surface area contributed by atoms with E-state index >= 15 is 0 Å². The van der Waals surface area contributed by atoms with Gasteiger partial charge in [0.1, 0.15) is 11.5 Å². The molecule has 0 N–H and O–H groups in total. The zero-order chi connectivity index (χ0) is 21.6. The van der Waals surface area contributed by atoms with Crippen LogP contribution in [0.3, 0.4) is 0 Å². The molecule has 4 rings (SSSR count). The van der Waals surface area contributed by atoms with Gasteiger partial charge in [0.05, 0.1) is 13.7 Å². The summed E-state index contributed by atoms with van der Waals surface area (Å²) in [7, 11) is 1.63.